The Morgan fingerprint density at radius 2 is 1.86 bits per heavy atom. The molecule has 2 fully saturated rings. The second-order valence-corrected chi connectivity index (χ2v) is 6.18. The Kier molecular flexibility index (Phi) is 4.68. The van der Waals surface area contributed by atoms with E-state index in [9.17, 15) is 4.79 Å². The number of aromatic nitrogens is 2. The third-order valence-corrected chi connectivity index (χ3v) is 4.59. The summed E-state index contributed by atoms with van der Waals surface area (Å²) in [7, 11) is 0. The molecule has 0 unspecified atom stereocenters. The van der Waals surface area contributed by atoms with E-state index in [1.807, 2.05) is 6.07 Å². The summed E-state index contributed by atoms with van der Waals surface area (Å²) in [6.07, 6.45) is 8.83. The third kappa shape index (κ3) is 3.71. The van der Waals surface area contributed by atoms with E-state index in [1.54, 1.807) is 6.07 Å². The van der Waals surface area contributed by atoms with Crippen molar-refractivity contribution in [2.75, 3.05) is 24.5 Å². The lowest BCUT2D eigenvalue weighted by Gasteiger charge is -2.21. The molecule has 0 spiro atoms. The Hall–Kier alpha value is -1.65. The molecule has 0 atom stereocenters. The van der Waals surface area contributed by atoms with E-state index in [0.717, 1.165) is 25.5 Å². The molecule has 1 amide bonds. The topological polar surface area (TPSA) is 58.1 Å². The number of nitrogens with one attached hydrogen (secondary N) is 1. The molecule has 0 aromatic carbocycles. The highest BCUT2D eigenvalue weighted by molar-refractivity contribution is 5.92. The average molecular weight is 288 g/mol. The van der Waals surface area contributed by atoms with Gasteiger partial charge < -0.3 is 10.2 Å². The van der Waals surface area contributed by atoms with Crippen molar-refractivity contribution in [1.29, 1.82) is 0 Å². The molecule has 21 heavy (non-hydrogen) atoms. The molecule has 114 valence electrons. The van der Waals surface area contributed by atoms with Gasteiger partial charge in [0, 0.05) is 19.6 Å². The summed E-state index contributed by atoms with van der Waals surface area (Å²) in [5.74, 6) is 1.43. The van der Waals surface area contributed by atoms with Crippen molar-refractivity contribution in [3.63, 3.8) is 0 Å². The van der Waals surface area contributed by atoms with E-state index in [-0.39, 0.29) is 5.91 Å². The number of amides is 1. The molecule has 0 bridgehead atoms. The van der Waals surface area contributed by atoms with Gasteiger partial charge in [0.15, 0.2) is 11.5 Å². The zero-order valence-electron chi connectivity index (χ0n) is 12.6. The Bertz CT molecular complexity index is 462. The van der Waals surface area contributed by atoms with Gasteiger partial charge in [0.25, 0.3) is 5.91 Å². The zero-order valence-corrected chi connectivity index (χ0v) is 12.6. The van der Waals surface area contributed by atoms with Crippen molar-refractivity contribution >= 4 is 11.7 Å². The van der Waals surface area contributed by atoms with Crippen LogP contribution in [0.2, 0.25) is 0 Å². The van der Waals surface area contributed by atoms with Gasteiger partial charge in [-0.1, -0.05) is 19.3 Å². The lowest BCUT2D eigenvalue weighted by atomic mass is 9.89. The monoisotopic (exact) mass is 288 g/mol. The van der Waals surface area contributed by atoms with Crippen molar-refractivity contribution in [3.8, 4) is 0 Å². The first-order chi connectivity index (χ1) is 10.3. The Morgan fingerprint density at radius 3 is 2.52 bits per heavy atom. The van der Waals surface area contributed by atoms with Gasteiger partial charge >= 0.3 is 0 Å². The first-order valence-corrected chi connectivity index (χ1v) is 8.20. The maximum atomic E-state index is 12.1. The summed E-state index contributed by atoms with van der Waals surface area (Å²) in [5.41, 5.74) is 0.425. The summed E-state index contributed by atoms with van der Waals surface area (Å²) in [4.78, 5) is 14.3. The van der Waals surface area contributed by atoms with Gasteiger partial charge in [-0.2, -0.15) is 0 Å². The average Bonchev–Trinajstić information content (AvgIpc) is 3.08. The van der Waals surface area contributed by atoms with Gasteiger partial charge in [0.2, 0.25) is 0 Å². The summed E-state index contributed by atoms with van der Waals surface area (Å²) >= 11 is 0. The Balaban J connectivity index is 1.52. The smallest absolute Gasteiger partial charge is 0.271 e. The molecule has 1 aromatic rings. The van der Waals surface area contributed by atoms with Gasteiger partial charge in [-0.25, -0.2) is 0 Å². The zero-order chi connectivity index (χ0) is 14.5. The van der Waals surface area contributed by atoms with E-state index < -0.39 is 0 Å². The minimum Gasteiger partial charge on any atom is -0.355 e. The molecule has 1 aliphatic carbocycles. The highest BCUT2D eigenvalue weighted by Crippen LogP contribution is 2.22. The van der Waals surface area contributed by atoms with Crippen LogP contribution in [0.1, 0.15) is 55.4 Å². The molecule has 5 nitrogen and oxygen atoms in total. The van der Waals surface area contributed by atoms with Crippen LogP contribution in [0.15, 0.2) is 12.1 Å². The van der Waals surface area contributed by atoms with Crippen molar-refractivity contribution in [3.05, 3.63) is 17.8 Å². The molecular weight excluding hydrogens is 264 g/mol. The lowest BCUT2D eigenvalue weighted by Crippen LogP contribution is -2.31. The number of carbonyl (C=O) groups excluding carboxylic acids is 1. The standard InChI is InChI=1S/C16H24N4O/c21-16(17-12-13-6-2-1-3-7-13)14-8-9-15(19-18-14)20-10-4-5-11-20/h8-9,13H,1-7,10-12H2,(H,17,21). The molecule has 1 N–H and O–H groups in total. The van der Waals surface area contributed by atoms with Crippen molar-refractivity contribution < 1.29 is 4.79 Å². The van der Waals surface area contributed by atoms with E-state index in [1.165, 1.54) is 44.9 Å². The SMILES string of the molecule is O=C(NCC1CCCCC1)c1ccc(N2CCCC2)nn1. The van der Waals surface area contributed by atoms with Crippen LogP contribution in [0.5, 0.6) is 0 Å². The van der Waals surface area contributed by atoms with Crippen LogP contribution < -0.4 is 10.2 Å². The van der Waals surface area contributed by atoms with E-state index in [0.29, 0.717) is 11.6 Å². The fourth-order valence-corrected chi connectivity index (χ4v) is 3.28. The van der Waals surface area contributed by atoms with Crippen LogP contribution in [-0.2, 0) is 0 Å². The maximum absolute atomic E-state index is 12.1. The highest BCUT2D eigenvalue weighted by atomic mass is 16.1. The largest absolute Gasteiger partial charge is 0.355 e. The number of carbonyl (C=O) groups is 1. The van der Waals surface area contributed by atoms with Crippen LogP contribution in [-0.4, -0.2) is 35.7 Å². The molecule has 2 heterocycles. The highest BCUT2D eigenvalue weighted by Gasteiger charge is 2.17. The number of hydrogen-bond donors (Lipinski definition) is 1. The van der Waals surface area contributed by atoms with Crippen LogP contribution in [0, 0.1) is 5.92 Å². The summed E-state index contributed by atoms with van der Waals surface area (Å²) < 4.78 is 0. The minimum absolute atomic E-state index is 0.0963. The van der Waals surface area contributed by atoms with Gasteiger partial charge in [0.1, 0.15) is 0 Å². The van der Waals surface area contributed by atoms with Crippen molar-refractivity contribution in [2.24, 2.45) is 5.92 Å². The molecular formula is C16H24N4O. The Labute approximate surface area is 126 Å². The molecule has 1 saturated carbocycles. The predicted octanol–water partition coefficient (Wildman–Crippen LogP) is 2.39. The second-order valence-electron chi connectivity index (χ2n) is 6.18. The number of nitrogens with zero attached hydrogens (tertiary/aromatic N) is 3. The molecule has 1 saturated heterocycles. The first kappa shape index (κ1) is 14.3. The number of hydrogen-bond acceptors (Lipinski definition) is 4. The van der Waals surface area contributed by atoms with Crippen molar-refractivity contribution in [1.82, 2.24) is 15.5 Å². The normalized spacial score (nSPS) is 19.7. The van der Waals surface area contributed by atoms with Gasteiger partial charge in [-0.05, 0) is 43.7 Å². The maximum Gasteiger partial charge on any atom is 0.271 e. The van der Waals surface area contributed by atoms with Gasteiger partial charge in [0.05, 0.1) is 0 Å². The van der Waals surface area contributed by atoms with Gasteiger partial charge in [-0.3, -0.25) is 4.79 Å². The first-order valence-electron chi connectivity index (χ1n) is 8.20. The summed E-state index contributed by atoms with van der Waals surface area (Å²) in [6.45, 7) is 2.86. The lowest BCUT2D eigenvalue weighted by molar-refractivity contribution is 0.0937. The van der Waals surface area contributed by atoms with E-state index in [4.69, 9.17) is 0 Å². The van der Waals surface area contributed by atoms with Gasteiger partial charge in [-0.15, -0.1) is 10.2 Å². The predicted molar refractivity (Wildman–Crippen MR) is 82.4 cm³/mol. The fraction of sp³-hybridized carbons (Fsp3) is 0.688. The summed E-state index contributed by atoms with van der Waals surface area (Å²) in [6, 6.07) is 3.70. The minimum atomic E-state index is -0.0963. The Morgan fingerprint density at radius 1 is 1.10 bits per heavy atom. The second kappa shape index (κ2) is 6.87. The van der Waals surface area contributed by atoms with Crippen LogP contribution in [0.25, 0.3) is 0 Å². The van der Waals surface area contributed by atoms with E-state index in [2.05, 4.69) is 20.4 Å². The molecule has 1 aliphatic heterocycles. The molecule has 5 heteroatoms. The van der Waals surface area contributed by atoms with Crippen LogP contribution in [0.4, 0.5) is 5.82 Å². The fourth-order valence-electron chi connectivity index (χ4n) is 3.28. The quantitative estimate of drug-likeness (QED) is 0.924. The molecule has 2 aliphatic rings. The molecule has 1 aromatic heterocycles. The van der Waals surface area contributed by atoms with Crippen molar-refractivity contribution in [2.45, 2.75) is 44.9 Å². The third-order valence-electron chi connectivity index (χ3n) is 4.59. The van der Waals surface area contributed by atoms with Crippen LogP contribution in [0.3, 0.4) is 0 Å². The summed E-state index contributed by atoms with van der Waals surface area (Å²) in [5, 5.41) is 11.3. The number of anilines is 1. The number of rotatable bonds is 4. The molecule has 0 radical (unpaired) electrons. The molecule has 3 rings (SSSR count). The van der Waals surface area contributed by atoms with E-state index >= 15 is 0 Å². The van der Waals surface area contributed by atoms with Crippen LogP contribution >= 0.6 is 0 Å².